The molecule has 1 aromatic carbocycles. The Bertz CT molecular complexity index is 270. The summed E-state index contributed by atoms with van der Waals surface area (Å²) >= 11 is 0. The van der Waals surface area contributed by atoms with E-state index in [1.165, 1.54) is 36.8 Å². The van der Waals surface area contributed by atoms with Crippen molar-refractivity contribution in [1.29, 1.82) is 0 Å². The van der Waals surface area contributed by atoms with Crippen LogP contribution < -0.4 is 0 Å². The highest BCUT2D eigenvalue weighted by Crippen LogP contribution is 2.26. The molecule has 0 radical (unpaired) electrons. The minimum absolute atomic E-state index is 0.715. The Kier molecular flexibility index (Phi) is 6.17. The van der Waals surface area contributed by atoms with Crippen LogP contribution >= 0.6 is 0 Å². The van der Waals surface area contributed by atoms with Crippen molar-refractivity contribution in [1.82, 2.24) is 0 Å². The molecule has 0 spiro atoms. The Hall–Kier alpha value is -0.820. The van der Waals surface area contributed by atoms with Crippen molar-refractivity contribution in [3.05, 3.63) is 35.4 Å². The summed E-state index contributed by atoms with van der Waals surface area (Å²) in [7, 11) is 1.74. The quantitative estimate of drug-likeness (QED) is 0.656. The summed E-state index contributed by atoms with van der Waals surface area (Å²) in [6.07, 6.45) is 5.14. The first-order valence-corrected chi connectivity index (χ1v) is 6.39. The average Bonchev–Trinajstić information content (AvgIpc) is 2.30. The molecule has 0 aliphatic heterocycles. The van der Waals surface area contributed by atoms with E-state index >= 15 is 0 Å². The fourth-order valence-corrected chi connectivity index (χ4v) is 2.23. The minimum Gasteiger partial charge on any atom is -0.380 e. The van der Waals surface area contributed by atoms with Crippen LogP contribution in [0.1, 0.15) is 56.6 Å². The van der Waals surface area contributed by atoms with Gasteiger partial charge in [-0.15, -0.1) is 0 Å². The van der Waals surface area contributed by atoms with Crippen LogP contribution in [-0.2, 0) is 11.3 Å². The molecule has 0 saturated heterocycles. The van der Waals surface area contributed by atoms with Crippen molar-refractivity contribution < 1.29 is 4.74 Å². The molecule has 0 bridgehead atoms. The van der Waals surface area contributed by atoms with Gasteiger partial charge >= 0.3 is 0 Å². The second kappa shape index (κ2) is 7.45. The third-order valence-electron chi connectivity index (χ3n) is 3.04. The molecule has 0 aliphatic rings. The van der Waals surface area contributed by atoms with Gasteiger partial charge in [-0.1, -0.05) is 51.0 Å². The van der Waals surface area contributed by atoms with E-state index in [1.807, 2.05) is 0 Å². The van der Waals surface area contributed by atoms with E-state index in [9.17, 15) is 0 Å². The molecule has 0 aromatic heterocycles. The van der Waals surface area contributed by atoms with Crippen LogP contribution in [0.25, 0.3) is 0 Å². The van der Waals surface area contributed by atoms with Gasteiger partial charge in [0.15, 0.2) is 0 Å². The van der Waals surface area contributed by atoms with Gasteiger partial charge in [-0.25, -0.2) is 0 Å². The van der Waals surface area contributed by atoms with Gasteiger partial charge in [0.25, 0.3) is 0 Å². The zero-order chi connectivity index (χ0) is 11.8. The Balaban J connectivity index is 2.68. The maximum atomic E-state index is 5.12. The molecular weight excluding hydrogens is 196 g/mol. The van der Waals surface area contributed by atoms with Gasteiger partial charge in [0.2, 0.25) is 0 Å². The number of benzene rings is 1. The van der Waals surface area contributed by atoms with Crippen LogP contribution in [0.3, 0.4) is 0 Å². The lowest BCUT2D eigenvalue weighted by atomic mass is 9.90. The summed E-state index contributed by atoms with van der Waals surface area (Å²) in [5, 5.41) is 0. The largest absolute Gasteiger partial charge is 0.380 e. The summed E-state index contributed by atoms with van der Waals surface area (Å²) in [6.45, 7) is 5.25. The fraction of sp³-hybridized carbons (Fsp3) is 0.600. The SMILES string of the molecule is CCCC(CCC)c1ccc(COC)cc1. The molecule has 0 fully saturated rings. The zero-order valence-corrected chi connectivity index (χ0v) is 10.8. The Morgan fingerprint density at radius 1 is 1.00 bits per heavy atom. The average molecular weight is 220 g/mol. The second-order valence-electron chi connectivity index (χ2n) is 4.45. The first-order chi connectivity index (χ1) is 7.81. The smallest absolute Gasteiger partial charge is 0.0713 e. The summed E-state index contributed by atoms with van der Waals surface area (Å²) in [5.74, 6) is 0.742. The van der Waals surface area contributed by atoms with Crippen LogP contribution in [0.5, 0.6) is 0 Å². The summed E-state index contributed by atoms with van der Waals surface area (Å²) < 4.78 is 5.12. The zero-order valence-electron chi connectivity index (χ0n) is 10.8. The maximum absolute atomic E-state index is 5.12. The van der Waals surface area contributed by atoms with Crippen LogP contribution in [0.2, 0.25) is 0 Å². The van der Waals surface area contributed by atoms with E-state index in [1.54, 1.807) is 7.11 Å². The Morgan fingerprint density at radius 2 is 1.56 bits per heavy atom. The van der Waals surface area contributed by atoms with E-state index in [0.717, 1.165) is 5.92 Å². The summed E-state index contributed by atoms with van der Waals surface area (Å²) in [6, 6.07) is 8.92. The van der Waals surface area contributed by atoms with Gasteiger partial charge in [0.1, 0.15) is 0 Å². The molecule has 0 unspecified atom stereocenters. The molecule has 1 aromatic rings. The predicted molar refractivity (Wildman–Crippen MR) is 69.7 cm³/mol. The van der Waals surface area contributed by atoms with Gasteiger partial charge in [-0.2, -0.15) is 0 Å². The van der Waals surface area contributed by atoms with Crippen molar-refractivity contribution in [3.63, 3.8) is 0 Å². The molecule has 1 heteroatoms. The van der Waals surface area contributed by atoms with E-state index in [0.29, 0.717) is 6.61 Å². The van der Waals surface area contributed by atoms with E-state index in [-0.39, 0.29) is 0 Å². The first-order valence-electron chi connectivity index (χ1n) is 6.39. The number of hydrogen-bond acceptors (Lipinski definition) is 1. The molecular formula is C15H24O. The third kappa shape index (κ3) is 3.97. The summed E-state index contributed by atoms with van der Waals surface area (Å²) in [5.41, 5.74) is 2.75. The number of methoxy groups -OCH3 is 1. The molecule has 0 N–H and O–H groups in total. The number of rotatable bonds is 7. The lowest BCUT2D eigenvalue weighted by Gasteiger charge is -2.16. The standard InChI is InChI=1S/C15H24O/c1-4-6-14(7-5-2)15-10-8-13(9-11-15)12-16-3/h8-11,14H,4-7,12H2,1-3H3. The lowest BCUT2D eigenvalue weighted by molar-refractivity contribution is 0.185. The highest BCUT2D eigenvalue weighted by molar-refractivity contribution is 5.25. The summed E-state index contributed by atoms with van der Waals surface area (Å²) in [4.78, 5) is 0. The second-order valence-corrected chi connectivity index (χ2v) is 4.45. The maximum Gasteiger partial charge on any atom is 0.0713 e. The molecule has 90 valence electrons. The Labute approximate surface area is 99.8 Å². The van der Waals surface area contributed by atoms with E-state index in [4.69, 9.17) is 4.74 Å². The lowest BCUT2D eigenvalue weighted by Crippen LogP contribution is -1.98. The van der Waals surface area contributed by atoms with Gasteiger partial charge in [0, 0.05) is 7.11 Å². The van der Waals surface area contributed by atoms with Gasteiger partial charge in [-0.3, -0.25) is 0 Å². The molecule has 1 rings (SSSR count). The van der Waals surface area contributed by atoms with Gasteiger partial charge in [0.05, 0.1) is 6.61 Å². The fourth-order valence-electron chi connectivity index (χ4n) is 2.23. The third-order valence-corrected chi connectivity index (χ3v) is 3.04. The van der Waals surface area contributed by atoms with E-state index < -0.39 is 0 Å². The van der Waals surface area contributed by atoms with Crippen molar-refractivity contribution in [3.8, 4) is 0 Å². The minimum atomic E-state index is 0.715. The Morgan fingerprint density at radius 3 is 2.00 bits per heavy atom. The van der Waals surface area contributed by atoms with Crippen LogP contribution in [0.15, 0.2) is 24.3 Å². The molecule has 0 aliphatic carbocycles. The molecule has 16 heavy (non-hydrogen) atoms. The van der Waals surface area contributed by atoms with Crippen LogP contribution in [0, 0.1) is 0 Å². The van der Waals surface area contributed by atoms with E-state index in [2.05, 4.69) is 38.1 Å². The molecule has 0 amide bonds. The molecule has 0 atom stereocenters. The van der Waals surface area contributed by atoms with Crippen molar-refractivity contribution >= 4 is 0 Å². The van der Waals surface area contributed by atoms with Gasteiger partial charge < -0.3 is 4.74 Å². The topological polar surface area (TPSA) is 9.23 Å². The van der Waals surface area contributed by atoms with Crippen LogP contribution in [0.4, 0.5) is 0 Å². The van der Waals surface area contributed by atoms with Crippen LogP contribution in [-0.4, -0.2) is 7.11 Å². The van der Waals surface area contributed by atoms with Crippen molar-refractivity contribution in [2.45, 2.75) is 52.1 Å². The highest BCUT2D eigenvalue weighted by Gasteiger charge is 2.09. The predicted octanol–water partition coefficient (Wildman–Crippen LogP) is 4.52. The highest BCUT2D eigenvalue weighted by atomic mass is 16.5. The monoisotopic (exact) mass is 220 g/mol. The molecule has 1 nitrogen and oxygen atoms in total. The molecule has 0 heterocycles. The van der Waals surface area contributed by atoms with Crippen molar-refractivity contribution in [2.24, 2.45) is 0 Å². The number of hydrogen-bond donors (Lipinski definition) is 0. The molecule has 0 saturated carbocycles. The van der Waals surface area contributed by atoms with Gasteiger partial charge in [-0.05, 0) is 29.9 Å². The normalized spacial score (nSPS) is 11.0. The first kappa shape index (κ1) is 13.2. The number of ether oxygens (including phenoxy) is 1. The van der Waals surface area contributed by atoms with Crippen molar-refractivity contribution in [2.75, 3.05) is 7.11 Å².